The number of fused-ring (bicyclic) bond motifs is 1. The van der Waals surface area contributed by atoms with Gasteiger partial charge in [0.15, 0.2) is 0 Å². The Balaban J connectivity index is 1.90. The molecule has 2 aliphatic rings. The van der Waals surface area contributed by atoms with Crippen molar-refractivity contribution in [3.8, 4) is 0 Å². The molecule has 0 unspecified atom stereocenters. The molecule has 2 amide bonds. The summed E-state index contributed by atoms with van der Waals surface area (Å²) in [4.78, 5) is 25.0. The number of primary amides is 1. The van der Waals surface area contributed by atoms with Crippen LogP contribution in [0.4, 0.5) is 13.2 Å². The molecule has 3 rings (SSSR count). The quantitative estimate of drug-likeness (QED) is 0.736. The summed E-state index contributed by atoms with van der Waals surface area (Å²) in [6.07, 6.45) is -3.75. The number of nitrogens with one attached hydrogen (secondary N) is 1. The van der Waals surface area contributed by atoms with E-state index < -0.39 is 50.6 Å². The van der Waals surface area contributed by atoms with Crippen LogP contribution in [0, 0.1) is 0 Å². The summed E-state index contributed by atoms with van der Waals surface area (Å²) in [7, 11) is -4.36. The molecule has 0 radical (unpaired) electrons. The Labute approximate surface area is 157 Å². The lowest BCUT2D eigenvalue weighted by molar-refractivity contribution is -0.138. The van der Waals surface area contributed by atoms with Gasteiger partial charge in [-0.15, -0.1) is 11.8 Å². The second kappa shape index (κ2) is 6.99. The molecule has 7 nitrogen and oxygen atoms in total. The van der Waals surface area contributed by atoms with Crippen LogP contribution in [0.1, 0.15) is 18.4 Å². The highest BCUT2D eigenvalue weighted by Crippen LogP contribution is 2.37. The van der Waals surface area contributed by atoms with E-state index >= 15 is 0 Å². The van der Waals surface area contributed by atoms with Crippen molar-refractivity contribution in [2.45, 2.75) is 40.9 Å². The van der Waals surface area contributed by atoms with Crippen LogP contribution in [0.3, 0.4) is 0 Å². The van der Waals surface area contributed by atoms with Gasteiger partial charge in [0.1, 0.15) is 12.1 Å². The second-order valence-corrected chi connectivity index (χ2v) is 8.98. The summed E-state index contributed by atoms with van der Waals surface area (Å²) in [6, 6.07) is 0.417. The number of hydrogen-bond acceptors (Lipinski definition) is 5. The molecule has 1 aromatic rings. The summed E-state index contributed by atoms with van der Waals surface area (Å²) >= 11 is 0.963. The van der Waals surface area contributed by atoms with E-state index in [0.29, 0.717) is 18.9 Å². The summed E-state index contributed by atoms with van der Waals surface area (Å²) < 4.78 is 66.0. The van der Waals surface area contributed by atoms with Gasteiger partial charge in [-0.05, 0) is 31.0 Å². The Hall–Kier alpha value is -1.79. The summed E-state index contributed by atoms with van der Waals surface area (Å²) in [6.45, 7) is 0.264. The van der Waals surface area contributed by atoms with Crippen LogP contribution in [-0.2, 0) is 25.8 Å². The third-order valence-corrected chi connectivity index (χ3v) is 7.23. The van der Waals surface area contributed by atoms with E-state index in [1.54, 1.807) is 0 Å². The zero-order valence-corrected chi connectivity index (χ0v) is 15.5. The number of benzene rings is 1. The lowest BCUT2D eigenvalue weighted by atomic mass is 10.2. The number of alkyl halides is 3. The van der Waals surface area contributed by atoms with Crippen molar-refractivity contribution in [1.29, 1.82) is 0 Å². The molecule has 1 aromatic carbocycles. The van der Waals surface area contributed by atoms with E-state index in [9.17, 15) is 31.2 Å². The SMILES string of the molecule is NC(=O)[C@@H]1CCCN1C(=O)[C@@H]1CSc2ccc(C(F)(F)F)cc2S(=O)(=O)N1. The predicted octanol–water partition coefficient (Wildman–Crippen LogP) is 0.934. The van der Waals surface area contributed by atoms with Crippen molar-refractivity contribution in [2.24, 2.45) is 5.73 Å². The van der Waals surface area contributed by atoms with Crippen LogP contribution >= 0.6 is 11.8 Å². The molecule has 12 heteroatoms. The van der Waals surface area contributed by atoms with Gasteiger partial charge in [0.25, 0.3) is 0 Å². The third-order valence-electron chi connectivity index (χ3n) is 4.43. The molecule has 3 N–H and O–H groups in total. The number of likely N-dealkylation sites (tertiary alicyclic amines) is 1. The van der Waals surface area contributed by atoms with Gasteiger partial charge in [-0.25, -0.2) is 8.42 Å². The molecule has 148 valence electrons. The molecule has 1 saturated heterocycles. The van der Waals surface area contributed by atoms with E-state index in [-0.39, 0.29) is 17.2 Å². The summed E-state index contributed by atoms with van der Waals surface area (Å²) in [5.74, 6) is -1.31. The molecule has 2 aliphatic heterocycles. The minimum Gasteiger partial charge on any atom is -0.368 e. The number of halogens is 3. The van der Waals surface area contributed by atoms with Gasteiger partial charge in [0.05, 0.1) is 10.5 Å². The Bertz CT molecular complexity index is 889. The number of amides is 2. The molecular weight excluding hydrogens is 407 g/mol. The van der Waals surface area contributed by atoms with Crippen molar-refractivity contribution in [3.05, 3.63) is 23.8 Å². The lowest BCUT2D eigenvalue weighted by Gasteiger charge is -2.26. The monoisotopic (exact) mass is 423 g/mol. The van der Waals surface area contributed by atoms with E-state index in [1.165, 1.54) is 4.90 Å². The summed E-state index contributed by atoms with van der Waals surface area (Å²) in [5, 5.41) is 0. The average molecular weight is 423 g/mol. The molecule has 0 aromatic heterocycles. The maximum atomic E-state index is 12.9. The van der Waals surface area contributed by atoms with Crippen LogP contribution in [0.2, 0.25) is 0 Å². The normalized spacial score (nSPS) is 24.9. The Morgan fingerprint density at radius 1 is 1.30 bits per heavy atom. The topological polar surface area (TPSA) is 110 Å². The van der Waals surface area contributed by atoms with Gasteiger partial charge in [0.2, 0.25) is 21.8 Å². The van der Waals surface area contributed by atoms with Gasteiger partial charge < -0.3 is 10.6 Å². The first-order valence-electron chi connectivity index (χ1n) is 7.97. The predicted molar refractivity (Wildman–Crippen MR) is 90.2 cm³/mol. The highest BCUT2D eigenvalue weighted by atomic mass is 32.2. The van der Waals surface area contributed by atoms with Crippen molar-refractivity contribution in [2.75, 3.05) is 12.3 Å². The number of nitrogens with zero attached hydrogens (tertiary/aromatic N) is 1. The molecule has 27 heavy (non-hydrogen) atoms. The maximum absolute atomic E-state index is 12.9. The standard InChI is InChI=1S/C15H16F3N3O4S2/c16-15(17,18)8-3-4-11-12(6-8)27(24,25)20-9(7-26-11)14(23)21-5-1-2-10(21)13(19)22/h3-4,6,9-10,20H,1-2,5,7H2,(H2,19,22)/t9-,10-/m0/s1. The average Bonchev–Trinajstić information content (AvgIpc) is 3.02. The molecule has 0 spiro atoms. The highest BCUT2D eigenvalue weighted by molar-refractivity contribution is 8.00. The Kier molecular flexibility index (Phi) is 5.16. The van der Waals surface area contributed by atoms with Crippen LogP contribution in [-0.4, -0.2) is 49.5 Å². The van der Waals surface area contributed by atoms with E-state index in [0.717, 1.165) is 23.9 Å². The Morgan fingerprint density at radius 3 is 2.63 bits per heavy atom. The molecule has 0 saturated carbocycles. The summed E-state index contributed by atoms with van der Waals surface area (Å²) in [5.41, 5.74) is 4.19. The van der Waals surface area contributed by atoms with Crippen LogP contribution in [0.5, 0.6) is 0 Å². The fourth-order valence-corrected chi connectivity index (χ4v) is 5.97. The minimum atomic E-state index is -4.69. The number of carbonyl (C=O) groups is 2. The number of nitrogens with two attached hydrogens (primary N) is 1. The Morgan fingerprint density at radius 2 is 2.00 bits per heavy atom. The zero-order chi connectivity index (χ0) is 20.0. The van der Waals surface area contributed by atoms with Crippen LogP contribution < -0.4 is 10.5 Å². The second-order valence-electron chi connectivity index (χ2n) is 6.24. The van der Waals surface area contributed by atoms with Gasteiger partial charge in [-0.1, -0.05) is 0 Å². The van der Waals surface area contributed by atoms with Crippen molar-refractivity contribution < 1.29 is 31.2 Å². The van der Waals surface area contributed by atoms with E-state index in [4.69, 9.17) is 5.73 Å². The fraction of sp³-hybridized carbons (Fsp3) is 0.467. The first-order valence-corrected chi connectivity index (χ1v) is 10.4. The largest absolute Gasteiger partial charge is 0.416 e. The van der Waals surface area contributed by atoms with E-state index in [2.05, 4.69) is 4.72 Å². The lowest BCUT2D eigenvalue weighted by Crippen LogP contribution is -2.53. The molecule has 0 aliphatic carbocycles. The van der Waals surface area contributed by atoms with Crippen molar-refractivity contribution in [1.82, 2.24) is 9.62 Å². The van der Waals surface area contributed by atoms with Gasteiger partial charge in [-0.3, -0.25) is 9.59 Å². The minimum absolute atomic E-state index is 0.0155. The van der Waals surface area contributed by atoms with Gasteiger partial charge >= 0.3 is 6.18 Å². The highest BCUT2D eigenvalue weighted by Gasteiger charge is 2.40. The number of hydrogen-bond donors (Lipinski definition) is 2. The molecule has 0 bridgehead atoms. The van der Waals surface area contributed by atoms with Crippen molar-refractivity contribution >= 4 is 33.6 Å². The number of thioether (sulfide) groups is 1. The fourth-order valence-electron chi connectivity index (χ4n) is 3.12. The van der Waals surface area contributed by atoms with Crippen LogP contribution in [0.25, 0.3) is 0 Å². The number of sulfonamides is 1. The molecular formula is C15H16F3N3O4S2. The first kappa shape index (κ1) is 20.0. The molecule has 2 heterocycles. The van der Waals surface area contributed by atoms with Gasteiger partial charge in [0, 0.05) is 17.2 Å². The maximum Gasteiger partial charge on any atom is 0.416 e. The molecule has 2 atom stereocenters. The van der Waals surface area contributed by atoms with Crippen LogP contribution in [0.15, 0.2) is 28.0 Å². The van der Waals surface area contributed by atoms with E-state index in [1.807, 2.05) is 0 Å². The zero-order valence-electron chi connectivity index (χ0n) is 13.8. The third kappa shape index (κ3) is 3.92. The number of rotatable bonds is 2. The number of carbonyl (C=O) groups excluding carboxylic acids is 2. The smallest absolute Gasteiger partial charge is 0.368 e. The van der Waals surface area contributed by atoms with Gasteiger partial charge in [-0.2, -0.15) is 17.9 Å². The molecule has 1 fully saturated rings. The first-order chi connectivity index (χ1) is 12.5. The van der Waals surface area contributed by atoms with Crippen molar-refractivity contribution in [3.63, 3.8) is 0 Å².